The molecule has 0 aromatic carbocycles. The van der Waals surface area contributed by atoms with Crippen LogP contribution in [-0.4, -0.2) is 71.6 Å². The highest BCUT2D eigenvalue weighted by Gasteiger charge is 2.46. The van der Waals surface area contributed by atoms with E-state index < -0.39 is 0 Å². The van der Waals surface area contributed by atoms with Crippen molar-refractivity contribution in [3.63, 3.8) is 0 Å². The fraction of sp³-hybridized carbons (Fsp3) is 1.00. The first-order chi connectivity index (χ1) is 10.1. The van der Waals surface area contributed by atoms with Crippen molar-refractivity contribution in [1.82, 2.24) is 14.7 Å². The first-order valence-electron chi connectivity index (χ1n) is 9.32. The molecule has 122 valence electrons. The molecule has 4 rings (SSSR count). The summed E-state index contributed by atoms with van der Waals surface area (Å²) >= 11 is 0. The summed E-state index contributed by atoms with van der Waals surface area (Å²) in [5, 5.41) is 0. The molecule has 3 unspecified atom stereocenters. The lowest BCUT2D eigenvalue weighted by atomic mass is 9.84. The van der Waals surface area contributed by atoms with Crippen LogP contribution in [0.5, 0.6) is 0 Å². The Bertz CT molecular complexity index is 323. The van der Waals surface area contributed by atoms with Crippen molar-refractivity contribution >= 4 is 0 Å². The van der Waals surface area contributed by atoms with Crippen LogP contribution in [0.15, 0.2) is 0 Å². The summed E-state index contributed by atoms with van der Waals surface area (Å²) in [6, 6.07) is 3.27. The highest BCUT2D eigenvalue weighted by molar-refractivity contribution is 5.02. The van der Waals surface area contributed by atoms with Crippen molar-refractivity contribution in [2.45, 2.75) is 77.5 Å². The van der Waals surface area contributed by atoms with Gasteiger partial charge in [-0.3, -0.25) is 9.80 Å². The molecule has 4 heterocycles. The number of rotatable bonds is 5. The average Bonchev–Trinajstić information content (AvgIpc) is 2.47. The van der Waals surface area contributed by atoms with E-state index in [4.69, 9.17) is 0 Å². The molecule has 4 aliphatic rings. The van der Waals surface area contributed by atoms with E-state index in [1.54, 1.807) is 0 Å². The predicted molar refractivity (Wildman–Crippen MR) is 89.7 cm³/mol. The molecule has 0 saturated carbocycles. The summed E-state index contributed by atoms with van der Waals surface area (Å²) in [5.41, 5.74) is 0. The molecule has 0 aliphatic carbocycles. The SMILES string of the molecule is CCC(C)N1C2CC1CN(CC1CCN(C(C)C)CC1)C2. The van der Waals surface area contributed by atoms with Gasteiger partial charge in [-0.2, -0.15) is 0 Å². The molecule has 21 heavy (non-hydrogen) atoms. The number of fused-ring (bicyclic) bond motifs is 2. The minimum atomic E-state index is 0.734. The number of likely N-dealkylation sites (tertiary alicyclic amines) is 1. The van der Waals surface area contributed by atoms with E-state index in [9.17, 15) is 0 Å². The van der Waals surface area contributed by atoms with Gasteiger partial charge in [-0.25, -0.2) is 0 Å². The molecule has 3 atom stereocenters. The molecule has 0 radical (unpaired) electrons. The number of hydrogen-bond donors (Lipinski definition) is 0. The van der Waals surface area contributed by atoms with E-state index in [2.05, 4.69) is 42.4 Å². The van der Waals surface area contributed by atoms with Crippen molar-refractivity contribution in [3.8, 4) is 0 Å². The summed E-state index contributed by atoms with van der Waals surface area (Å²) in [7, 11) is 0. The topological polar surface area (TPSA) is 9.72 Å². The van der Waals surface area contributed by atoms with Crippen LogP contribution in [-0.2, 0) is 0 Å². The molecular weight excluding hydrogens is 258 g/mol. The van der Waals surface area contributed by atoms with Crippen molar-refractivity contribution in [1.29, 1.82) is 0 Å². The van der Waals surface area contributed by atoms with Crippen LogP contribution in [0, 0.1) is 5.92 Å². The van der Waals surface area contributed by atoms with E-state index in [1.807, 2.05) is 0 Å². The molecule has 0 aromatic heterocycles. The van der Waals surface area contributed by atoms with Gasteiger partial charge in [-0.15, -0.1) is 0 Å². The summed E-state index contributed by atoms with van der Waals surface area (Å²) < 4.78 is 0. The third-order valence-corrected chi connectivity index (χ3v) is 6.32. The molecule has 0 amide bonds. The van der Waals surface area contributed by atoms with Crippen LogP contribution in [0.3, 0.4) is 0 Å². The van der Waals surface area contributed by atoms with E-state index in [0.717, 1.165) is 30.1 Å². The third-order valence-electron chi connectivity index (χ3n) is 6.32. The summed E-state index contributed by atoms with van der Waals surface area (Å²) in [4.78, 5) is 8.24. The average molecular weight is 293 g/mol. The molecular formula is C18H35N3. The van der Waals surface area contributed by atoms with Gasteiger partial charge in [0.1, 0.15) is 0 Å². The van der Waals surface area contributed by atoms with Crippen LogP contribution in [0.1, 0.15) is 53.4 Å². The van der Waals surface area contributed by atoms with E-state index in [1.165, 1.54) is 58.4 Å². The molecule has 4 saturated heterocycles. The molecule has 2 bridgehead atoms. The smallest absolute Gasteiger partial charge is 0.0244 e. The van der Waals surface area contributed by atoms with Gasteiger partial charge in [-0.1, -0.05) is 6.92 Å². The third kappa shape index (κ3) is 3.30. The standard InChI is InChI=1S/C18H35N3/c1-5-15(4)21-17-10-18(21)13-19(12-17)11-16-6-8-20(9-7-16)14(2)3/h14-18H,5-13H2,1-4H3. The highest BCUT2D eigenvalue weighted by atomic mass is 15.4. The zero-order valence-corrected chi connectivity index (χ0v) is 14.6. The molecule has 4 aliphatic heterocycles. The second-order valence-electron chi connectivity index (χ2n) is 8.04. The first-order valence-corrected chi connectivity index (χ1v) is 9.32. The second-order valence-corrected chi connectivity index (χ2v) is 8.04. The van der Waals surface area contributed by atoms with Gasteiger partial charge in [0.15, 0.2) is 0 Å². The van der Waals surface area contributed by atoms with Gasteiger partial charge >= 0.3 is 0 Å². The van der Waals surface area contributed by atoms with Gasteiger partial charge < -0.3 is 4.90 Å². The van der Waals surface area contributed by atoms with E-state index in [-0.39, 0.29) is 0 Å². The van der Waals surface area contributed by atoms with Crippen LogP contribution in [0.2, 0.25) is 0 Å². The van der Waals surface area contributed by atoms with Crippen LogP contribution >= 0.6 is 0 Å². The number of nitrogens with zero attached hydrogens (tertiary/aromatic N) is 3. The second kappa shape index (κ2) is 6.55. The largest absolute Gasteiger partial charge is 0.301 e. The van der Waals surface area contributed by atoms with Crippen LogP contribution < -0.4 is 0 Å². The Morgan fingerprint density at radius 1 is 1.00 bits per heavy atom. The number of piperazine rings is 1. The Hall–Kier alpha value is -0.120. The summed E-state index contributed by atoms with van der Waals surface area (Å²) in [6.07, 6.45) is 5.60. The minimum absolute atomic E-state index is 0.734. The summed E-state index contributed by atoms with van der Waals surface area (Å²) in [5.74, 6) is 0.953. The van der Waals surface area contributed by atoms with Crippen LogP contribution in [0.25, 0.3) is 0 Å². The maximum absolute atomic E-state index is 2.80. The summed E-state index contributed by atoms with van der Waals surface area (Å²) in [6.45, 7) is 16.1. The van der Waals surface area contributed by atoms with Gasteiger partial charge in [0.05, 0.1) is 0 Å². The molecule has 0 N–H and O–H groups in total. The van der Waals surface area contributed by atoms with Crippen molar-refractivity contribution < 1.29 is 0 Å². The fourth-order valence-corrected chi connectivity index (χ4v) is 4.82. The van der Waals surface area contributed by atoms with Crippen LogP contribution in [0.4, 0.5) is 0 Å². The Kier molecular flexibility index (Phi) is 4.92. The lowest BCUT2D eigenvalue weighted by Crippen LogP contribution is -2.70. The zero-order valence-electron chi connectivity index (χ0n) is 14.6. The zero-order chi connectivity index (χ0) is 15.0. The minimum Gasteiger partial charge on any atom is -0.301 e. The Morgan fingerprint density at radius 2 is 1.62 bits per heavy atom. The first kappa shape index (κ1) is 15.8. The molecule has 3 heteroatoms. The molecule has 3 nitrogen and oxygen atoms in total. The lowest BCUT2D eigenvalue weighted by molar-refractivity contribution is -0.0967. The van der Waals surface area contributed by atoms with E-state index in [0.29, 0.717) is 0 Å². The number of piperidine rings is 2. The fourth-order valence-electron chi connectivity index (χ4n) is 4.82. The quantitative estimate of drug-likeness (QED) is 0.771. The van der Waals surface area contributed by atoms with Gasteiger partial charge in [0.25, 0.3) is 0 Å². The van der Waals surface area contributed by atoms with Gasteiger partial charge in [0.2, 0.25) is 0 Å². The maximum Gasteiger partial charge on any atom is 0.0244 e. The normalized spacial score (nSPS) is 34.1. The van der Waals surface area contributed by atoms with Crippen molar-refractivity contribution in [2.24, 2.45) is 5.92 Å². The highest BCUT2D eigenvalue weighted by Crippen LogP contribution is 2.35. The maximum atomic E-state index is 2.80. The molecule has 0 spiro atoms. The molecule has 0 aromatic rings. The monoisotopic (exact) mass is 293 g/mol. The van der Waals surface area contributed by atoms with Gasteiger partial charge in [0, 0.05) is 43.8 Å². The Balaban J connectivity index is 1.43. The van der Waals surface area contributed by atoms with Gasteiger partial charge in [-0.05, 0) is 65.5 Å². The van der Waals surface area contributed by atoms with Crippen molar-refractivity contribution in [2.75, 3.05) is 32.7 Å². The predicted octanol–water partition coefficient (Wildman–Crippen LogP) is 2.66. The van der Waals surface area contributed by atoms with E-state index >= 15 is 0 Å². The lowest BCUT2D eigenvalue weighted by Gasteiger charge is -2.59. The molecule has 4 fully saturated rings. The van der Waals surface area contributed by atoms with Crippen molar-refractivity contribution in [3.05, 3.63) is 0 Å². The Morgan fingerprint density at radius 3 is 2.14 bits per heavy atom. The Labute approximate surface area is 131 Å². The number of hydrogen-bond acceptors (Lipinski definition) is 3.